The zero-order valence-electron chi connectivity index (χ0n) is 7.70. The Hall–Kier alpha value is -0.810. The smallest absolute Gasteiger partial charge is 0.258 e. The first kappa shape index (κ1) is 9.73. The van der Waals surface area contributed by atoms with E-state index < -0.39 is 0 Å². The highest BCUT2D eigenvalue weighted by Gasteiger charge is 2.21. The third-order valence-corrected chi connectivity index (χ3v) is 2.29. The van der Waals surface area contributed by atoms with Crippen molar-refractivity contribution in [3.63, 3.8) is 0 Å². The molecule has 0 N–H and O–H groups in total. The second kappa shape index (κ2) is 4.14. The van der Waals surface area contributed by atoms with Gasteiger partial charge in [-0.3, -0.25) is 0 Å². The Labute approximate surface area is 90.3 Å². The molecule has 1 aliphatic heterocycles. The number of halogens is 1. The van der Waals surface area contributed by atoms with Crippen LogP contribution in [0.15, 0.2) is 16.7 Å². The third kappa shape index (κ3) is 1.99. The summed E-state index contributed by atoms with van der Waals surface area (Å²) < 4.78 is 16.7. The van der Waals surface area contributed by atoms with Crippen molar-refractivity contribution in [2.45, 2.75) is 6.10 Å². The molecule has 1 unspecified atom stereocenters. The number of hydrogen-bond acceptors (Lipinski definition) is 4. The minimum Gasteiger partial charge on any atom is -0.484 e. The summed E-state index contributed by atoms with van der Waals surface area (Å²) in [6.07, 6.45) is -0.0747. The lowest BCUT2D eigenvalue weighted by molar-refractivity contribution is 0.0233. The van der Waals surface area contributed by atoms with Gasteiger partial charge in [0.25, 0.3) is 5.88 Å². The molecule has 1 aromatic heterocycles. The highest BCUT2D eigenvalue weighted by molar-refractivity contribution is 9.10. The van der Waals surface area contributed by atoms with Crippen molar-refractivity contribution < 1.29 is 14.2 Å². The highest BCUT2D eigenvalue weighted by atomic mass is 79.9. The molecule has 1 aliphatic rings. The monoisotopic (exact) mass is 259 g/mol. The van der Waals surface area contributed by atoms with Crippen molar-refractivity contribution in [3.8, 4) is 11.6 Å². The van der Waals surface area contributed by atoms with Gasteiger partial charge in [0.05, 0.1) is 6.61 Å². The van der Waals surface area contributed by atoms with Crippen molar-refractivity contribution in [3.05, 3.63) is 16.7 Å². The molecule has 0 radical (unpaired) electrons. The molecule has 4 nitrogen and oxygen atoms in total. The lowest BCUT2D eigenvalue weighted by Crippen LogP contribution is -2.33. The van der Waals surface area contributed by atoms with Gasteiger partial charge in [-0.05, 0) is 28.1 Å². The predicted molar refractivity (Wildman–Crippen MR) is 53.7 cm³/mol. The van der Waals surface area contributed by atoms with Crippen molar-refractivity contribution in [2.75, 3.05) is 20.3 Å². The topological polar surface area (TPSA) is 40.6 Å². The minimum atomic E-state index is -0.0747. The zero-order chi connectivity index (χ0) is 9.97. The number of rotatable bonds is 2. The van der Waals surface area contributed by atoms with Crippen LogP contribution in [0.25, 0.3) is 0 Å². The van der Waals surface area contributed by atoms with Gasteiger partial charge in [0.1, 0.15) is 11.2 Å². The fourth-order valence-corrected chi connectivity index (χ4v) is 1.54. The Morgan fingerprint density at radius 2 is 2.50 bits per heavy atom. The minimum absolute atomic E-state index is 0.0747. The van der Waals surface area contributed by atoms with E-state index in [2.05, 4.69) is 20.9 Å². The summed E-state index contributed by atoms with van der Waals surface area (Å²) >= 11 is 3.27. The van der Waals surface area contributed by atoms with Crippen LogP contribution in [-0.4, -0.2) is 31.4 Å². The van der Waals surface area contributed by atoms with Gasteiger partial charge in [-0.15, -0.1) is 0 Å². The summed E-state index contributed by atoms with van der Waals surface area (Å²) in [5.41, 5.74) is 0. The van der Waals surface area contributed by atoms with Crippen molar-refractivity contribution in [1.82, 2.24) is 4.98 Å². The van der Waals surface area contributed by atoms with E-state index in [1.165, 1.54) is 0 Å². The van der Waals surface area contributed by atoms with Crippen molar-refractivity contribution in [2.24, 2.45) is 0 Å². The van der Waals surface area contributed by atoms with E-state index in [9.17, 15) is 0 Å². The molecule has 2 heterocycles. The second-order valence-electron chi connectivity index (χ2n) is 2.94. The van der Waals surface area contributed by atoms with Gasteiger partial charge in [-0.2, -0.15) is 0 Å². The van der Waals surface area contributed by atoms with Crippen LogP contribution in [0, 0.1) is 0 Å². The van der Waals surface area contributed by atoms with E-state index >= 15 is 0 Å². The molecule has 0 aliphatic carbocycles. The third-order valence-electron chi connectivity index (χ3n) is 1.85. The number of pyridine rings is 1. The Kier molecular flexibility index (Phi) is 2.88. The lowest BCUT2D eigenvalue weighted by Gasteiger charge is -2.24. The molecule has 0 fully saturated rings. The van der Waals surface area contributed by atoms with Gasteiger partial charge >= 0.3 is 0 Å². The fourth-order valence-electron chi connectivity index (χ4n) is 1.24. The summed E-state index contributed by atoms with van der Waals surface area (Å²) in [4.78, 5) is 4.16. The summed E-state index contributed by atoms with van der Waals surface area (Å²) in [7, 11) is 1.63. The quantitative estimate of drug-likeness (QED) is 0.758. The van der Waals surface area contributed by atoms with E-state index in [0.717, 1.165) is 4.60 Å². The molecular weight excluding hydrogens is 250 g/mol. The molecule has 0 saturated heterocycles. The van der Waals surface area contributed by atoms with Crippen LogP contribution in [0.1, 0.15) is 0 Å². The zero-order valence-corrected chi connectivity index (χ0v) is 9.28. The van der Waals surface area contributed by atoms with E-state index in [1.807, 2.05) is 12.1 Å². The number of methoxy groups -OCH3 is 1. The average Bonchev–Trinajstić information content (AvgIpc) is 2.17. The highest BCUT2D eigenvalue weighted by Crippen LogP contribution is 2.30. The first-order chi connectivity index (χ1) is 6.79. The summed E-state index contributed by atoms with van der Waals surface area (Å²) in [5.74, 6) is 1.20. The van der Waals surface area contributed by atoms with E-state index in [4.69, 9.17) is 14.2 Å². The molecule has 0 amide bonds. The standard InChI is InChI=1S/C9H10BrNO3/c1-12-4-6-5-13-7-2-3-8(10)11-9(7)14-6/h2-3,6H,4-5H2,1H3. The molecule has 1 aromatic rings. The molecule has 0 aromatic carbocycles. The molecule has 2 rings (SSSR count). The molecule has 0 saturated carbocycles. The maximum atomic E-state index is 5.56. The van der Waals surface area contributed by atoms with E-state index in [1.54, 1.807) is 7.11 Å². The fraction of sp³-hybridized carbons (Fsp3) is 0.444. The Bertz CT molecular complexity index is 332. The largest absolute Gasteiger partial charge is 0.484 e. The Morgan fingerprint density at radius 3 is 3.29 bits per heavy atom. The van der Waals surface area contributed by atoms with Gasteiger partial charge in [0.15, 0.2) is 11.9 Å². The first-order valence-electron chi connectivity index (χ1n) is 4.24. The first-order valence-corrected chi connectivity index (χ1v) is 5.04. The van der Waals surface area contributed by atoms with Crippen LogP contribution in [-0.2, 0) is 4.74 Å². The molecule has 14 heavy (non-hydrogen) atoms. The number of nitrogens with zero attached hydrogens (tertiary/aromatic N) is 1. The molecule has 76 valence electrons. The molecule has 0 bridgehead atoms. The van der Waals surface area contributed by atoms with Gasteiger partial charge in [0, 0.05) is 7.11 Å². The van der Waals surface area contributed by atoms with Crippen molar-refractivity contribution in [1.29, 1.82) is 0 Å². The van der Waals surface area contributed by atoms with Crippen LogP contribution in [0.2, 0.25) is 0 Å². The molecular formula is C9H10BrNO3. The molecule has 0 spiro atoms. The second-order valence-corrected chi connectivity index (χ2v) is 3.76. The van der Waals surface area contributed by atoms with E-state index in [0.29, 0.717) is 24.8 Å². The predicted octanol–water partition coefficient (Wildman–Crippen LogP) is 1.63. The number of fused-ring (bicyclic) bond motifs is 1. The SMILES string of the molecule is COCC1COc2ccc(Br)nc2O1. The lowest BCUT2D eigenvalue weighted by atomic mass is 10.3. The van der Waals surface area contributed by atoms with Crippen LogP contribution in [0.3, 0.4) is 0 Å². The van der Waals surface area contributed by atoms with Crippen LogP contribution >= 0.6 is 15.9 Å². The molecule has 1 atom stereocenters. The Balaban J connectivity index is 2.16. The summed E-state index contributed by atoms with van der Waals surface area (Å²) in [6, 6.07) is 3.65. The number of aromatic nitrogens is 1. The maximum Gasteiger partial charge on any atom is 0.258 e. The van der Waals surface area contributed by atoms with Crippen molar-refractivity contribution >= 4 is 15.9 Å². The van der Waals surface area contributed by atoms with Gasteiger partial charge in [-0.25, -0.2) is 4.98 Å². The number of hydrogen-bond donors (Lipinski definition) is 0. The Morgan fingerprint density at radius 1 is 1.64 bits per heavy atom. The van der Waals surface area contributed by atoms with Crippen LogP contribution < -0.4 is 9.47 Å². The normalized spacial score (nSPS) is 19.4. The summed E-state index contributed by atoms with van der Waals surface area (Å²) in [6.45, 7) is 1.01. The number of ether oxygens (including phenoxy) is 3. The summed E-state index contributed by atoms with van der Waals surface area (Å²) in [5, 5.41) is 0. The van der Waals surface area contributed by atoms with E-state index in [-0.39, 0.29) is 6.10 Å². The molecule has 5 heteroatoms. The van der Waals surface area contributed by atoms with Crippen LogP contribution in [0.5, 0.6) is 11.6 Å². The van der Waals surface area contributed by atoms with Gasteiger partial charge in [-0.1, -0.05) is 0 Å². The van der Waals surface area contributed by atoms with Gasteiger partial charge in [0.2, 0.25) is 0 Å². The van der Waals surface area contributed by atoms with Crippen LogP contribution in [0.4, 0.5) is 0 Å². The average molecular weight is 260 g/mol. The van der Waals surface area contributed by atoms with Gasteiger partial charge < -0.3 is 14.2 Å². The maximum absolute atomic E-state index is 5.56.